The summed E-state index contributed by atoms with van der Waals surface area (Å²) in [6, 6.07) is 4.45. The van der Waals surface area contributed by atoms with Gasteiger partial charge in [-0.25, -0.2) is 0 Å². The first kappa shape index (κ1) is 12.3. The topological polar surface area (TPSA) is 72.7 Å². The fourth-order valence-electron chi connectivity index (χ4n) is 1.57. The van der Waals surface area contributed by atoms with E-state index in [9.17, 15) is 14.9 Å². The lowest BCUT2D eigenvalue weighted by molar-refractivity contribution is -0.385. The monoisotopic (exact) mass is 250 g/mol. The number of ether oxygens (including phenoxy) is 1. The maximum atomic E-state index is 12.0. The number of nitrogens with zero attached hydrogens (tertiary/aromatic N) is 2. The Kier molecular flexibility index (Phi) is 3.18. The molecule has 0 aliphatic heterocycles. The van der Waals surface area contributed by atoms with Crippen molar-refractivity contribution < 1.29 is 14.5 Å². The minimum Gasteiger partial charge on any atom is -0.489 e. The fourth-order valence-corrected chi connectivity index (χ4v) is 1.57. The normalized spacial score (nSPS) is 14.1. The SMILES string of the molecule is CN(C)C(=O)c1c(OC2CC2)cccc1[N+](=O)[O-]. The second-order valence-electron chi connectivity index (χ2n) is 4.42. The molecule has 1 saturated carbocycles. The molecule has 96 valence electrons. The Labute approximate surface area is 104 Å². The van der Waals surface area contributed by atoms with E-state index in [0.29, 0.717) is 5.75 Å². The van der Waals surface area contributed by atoms with E-state index in [4.69, 9.17) is 4.74 Å². The Bertz CT molecular complexity index is 495. The van der Waals surface area contributed by atoms with Gasteiger partial charge in [0.05, 0.1) is 11.0 Å². The highest BCUT2D eigenvalue weighted by Gasteiger charge is 2.30. The van der Waals surface area contributed by atoms with Crippen LogP contribution in [0, 0.1) is 10.1 Å². The second kappa shape index (κ2) is 4.64. The predicted octanol–water partition coefficient (Wildman–Crippen LogP) is 1.84. The molecule has 0 bridgehead atoms. The van der Waals surface area contributed by atoms with Crippen LogP contribution in [0.5, 0.6) is 5.75 Å². The fraction of sp³-hybridized carbons (Fsp3) is 0.417. The summed E-state index contributed by atoms with van der Waals surface area (Å²) in [5.74, 6) is -0.122. The molecule has 0 unspecified atom stereocenters. The Balaban J connectivity index is 2.47. The molecule has 18 heavy (non-hydrogen) atoms. The summed E-state index contributed by atoms with van der Waals surface area (Å²) in [6.07, 6.45) is 1.94. The van der Waals surface area contributed by atoms with E-state index in [1.807, 2.05) is 0 Å². The maximum Gasteiger partial charge on any atom is 0.285 e. The van der Waals surface area contributed by atoms with E-state index in [0.717, 1.165) is 12.8 Å². The molecule has 0 spiro atoms. The van der Waals surface area contributed by atoms with Crippen molar-refractivity contribution in [1.82, 2.24) is 4.90 Å². The number of nitro benzene ring substituents is 1. The standard InChI is InChI=1S/C12H14N2O4/c1-13(2)12(15)11-9(14(16)17)4-3-5-10(11)18-8-6-7-8/h3-5,8H,6-7H2,1-2H3. The molecule has 0 aromatic heterocycles. The third-order valence-corrected chi connectivity index (χ3v) is 2.64. The lowest BCUT2D eigenvalue weighted by atomic mass is 10.1. The summed E-state index contributed by atoms with van der Waals surface area (Å²) in [6.45, 7) is 0. The first-order chi connectivity index (χ1) is 8.50. The molecule has 0 atom stereocenters. The Hall–Kier alpha value is -2.11. The highest BCUT2D eigenvalue weighted by molar-refractivity contribution is 6.00. The molecule has 6 nitrogen and oxygen atoms in total. The quantitative estimate of drug-likeness (QED) is 0.603. The van der Waals surface area contributed by atoms with Gasteiger partial charge in [-0.2, -0.15) is 0 Å². The van der Waals surface area contributed by atoms with E-state index in [1.165, 1.54) is 17.0 Å². The van der Waals surface area contributed by atoms with Gasteiger partial charge < -0.3 is 9.64 Å². The number of amides is 1. The number of nitro groups is 1. The molecule has 6 heteroatoms. The first-order valence-electron chi connectivity index (χ1n) is 5.66. The molecular weight excluding hydrogens is 236 g/mol. The van der Waals surface area contributed by atoms with Crippen LogP contribution in [0.3, 0.4) is 0 Å². The van der Waals surface area contributed by atoms with Crippen molar-refractivity contribution in [1.29, 1.82) is 0 Å². The van der Waals surface area contributed by atoms with Gasteiger partial charge in [-0.15, -0.1) is 0 Å². The Morgan fingerprint density at radius 2 is 2.11 bits per heavy atom. The van der Waals surface area contributed by atoms with Crippen LogP contribution in [0.1, 0.15) is 23.2 Å². The van der Waals surface area contributed by atoms with Crippen LogP contribution in [0.15, 0.2) is 18.2 Å². The molecule has 1 aromatic rings. The zero-order chi connectivity index (χ0) is 13.3. The van der Waals surface area contributed by atoms with Crippen molar-refractivity contribution in [2.24, 2.45) is 0 Å². The number of benzene rings is 1. The van der Waals surface area contributed by atoms with Crippen molar-refractivity contribution >= 4 is 11.6 Å². The largest absolute Gasteiger partial charge is 0.489 e. The predicted molar refractivity (Wildman–Crippen MR) is 64.8 cm³/mol. The van der Waals surface area contributed by atoms with Gasteiger partial charge in [0.2, 0.25) is 0 Å². The smallest absolute Gasteiger partial charge is 0.285 e. The number of carbonyl (C=O) groups is 1. The number of hydrogen-bond acceptors (Lipinski definition) is 4. The van der Waals surface area contributed by atoms with Gasteiger partial charge in [0.15, 0.2) is 5.56 Å². The summed E-state index contributed by atoms with van der Waals surface area (Å²) in [5, 5.41) is 11.0. The van der Waals surface area contributed by atoms with Crippen molar-refractivity contribution in [3.8, 4) is 5.75 Å². The van der Waals surface area contributed by atoms with E-state index in [-0.39, 0.29) is 17.4 Å². The molecule has 1 fully saturated rings. The molecule has 0 N–H and O–H groups in total. The van der Waals surface area contributed by atoms with Crippen LogP contribution in [-0.2, 0) is 0 Å². The Morgan fingerprint density at radius 3 is 2.61 bits per heavy atom. The maximum absolute atomic E-state index is 12.0. The highest BCUT2D eigenvalue weighted by Crippen LogP contribution is 2.34. The molecule has 1 aliphatic rings. The Morgan fingerprint density at radius 1 is 1.44 bits per heavy atom. The number of carbonyl (C=O) groups excluding carboxylic acids is 1. The van der Waals surface area contributed by atoms with Gasteiger partial charge >= 0.3 is 0 Å². The van der Waals surface area contributed by atoms with Gasteiger partial charge in [-0.3, -0.25) is 14.9 Å². The van der Waals surface area contributed by atoms with Crippen molar-refractivity contribution in [2.75, 3.05) is 14.1 Å². The third-order valence-electron chi connectivity index (χ3n) is 2.64. The summed E-state index contributed by atoms with van der Waals surface area (Å²) in [7, 11) is 3.11. The minimum absolute atomic E-state index is 0.0272. The number of rotatable bonds is 4. The van der Waals surface area contributed by atoms with E-state index in [1.54, 1.807) is 20.2 Å². The molecule has 1 aromatic carbocycles. The van der Waals surface area contributed by atoms with Gasteiger partial charge in [-0.1, -0.05) is 6.07 Å². The summed E-state index contributed by atoms with van der Waals surface area (Å²) >= 11 is 0. The minimum atomic E-state index is -0.559. The zero-order valence-corrected chi connectivity index (χ0v) is 10.3. The molecule has 0 radical (unpaired) electrons. The van der Waals surface area contributed by atoms with Crippen LogP contribution in [0.4, 0.5) is 5.69 Å². The molecular formula is C12H14N2O4. The number of hydrogen-bond donors (Lipinski definition) is 0. The first-order valence-corrected chi connectivity index (χ1v) is 5.66. The van der Waals surface area contributed by atoms with Crippen molar-refractivity contribution in [3.05, 3.63) is 33.9 Å². The lowest BCUT2D eigenvalue weighted by Crippen LogP contribution is -2.23. The molecule has 1 aliphatic carbocycles. The zero-order valence-electron chi connectivity index (χ0n) is 10.3. The van der Waals surface area contributed by atoms with Gasteiger partial charge in [0.25, 0.3) is 11.6 Å². The summed E-state index contributed by atoms with van der Waals surface area (Å²) in [4.78, 5) is 23.8. The van der Waals surface area contributed by atoms with Crippen LogP contribution >= 0.6 is 0 Å². The van der Waals surface area contributed by atoms with Gasteiger partial charge in [0, 0.05) is 20.2 Å². The average molecular weight is 250 g/mol. The van der Waals surface area contributed by atoms with E-state index < -0.39 is 10.8 Å². The molecule has 2 rings (SSSR count). The van der Waals surface area contributed by atoms with Crippen LogP contribution in [-0.4, -0.2) is 35.9 Å². The second-order valence-corrected chi connectivity index (χ2v) is 4.42. The molecule has 0 saturated heterocycles. The van der Waals surface area contributed by atoms with Crippen molar-refractivity contribution in [2.45, 2.75) is 18.9 Å². The summed E-state index contributed by atoms with van der Waals surface area (Å²) in [5.41, 5.74) is -0.189. The van der Waals surface area contributed by atoms with Crippen LogP contribution in [0.2, 0.25) is 0 Å². The lowest BCUT2D eigenvalue weighted by Gasteiger charge is -2.14. The van der Waals surface area contributed by atoms with Gasteiger partial charge in [-0.05, 0) is 18.9 Å². The van der Waals surface area contributed by atoms with Crippen molar-refractivity contribution in [3.63, 3.8) is 0 Å². The third kappa shape index (κ3) is 2.42. The molecule has 0 heterocycles. The summed E-state index contributed by atoms with van der Waals surface area (Å²) < 4.78 is 5.57. The van der Waals surface area contributed by atoms with E-state index in [2.05, 4.69) is 0 Å². The van der Waals surface area contributed by atoms with Crippen LogP contribution < -0.4 is 4.74 Å². The highest BCUT2D eigenvalue weighted by atomic mass is 16.6. The average Bonchev–Trinajstić information content (AvgIpc) is 3.11. The van der Waals surface area contributed by atoms with Crippen LogP contribution in [0.25, 0.3) is 0 Å². The van der Waals surface area contributed by atoms with E-state index >= 15 is 0 Å². The van der Waals surface area contributed by atoms with Gasteiger partial charge in [0.1, 0.15) is 5.75 Å². The molecule has 1 amide bonds.